The fraction of sp³-hybridized carbons (Fsp3) is 1.00. The smallest absolute Gasteiger partial charge is 0.0306 e. The fourth-order valence-corrected chi connectivity index (χ4v) is 3.85. The predicted molar refractivity (Wildman–Crippen MR) is 68.3 cm³/mol. The van der Waals surface area contributed by atoms with Gasteiger partial charge in [-0.05, 0) is 38.5 Å². The van der Waals surface area contributed by atoms with Gasteiger partial charge in [-0.1, -0.05) is 12.8 Å². The van der Waals surface area contributed by atoms with Crippen molar-refractivity contribution < 1.29 is 0 Å². The van der Waals surface area contributed by atoms with Crippen LogP contribution >= 0.6 is 11.8 Å². The lowest BCUT2D eigenvalue weighted by Gasteiger charge is -2.42. The Hall–Kier alpha value is 0.270. The summed E-state index contributed by atoms with van der Waals surface area (Å²) in [5, 5.41) is 0. The van der Waals surface area contributed by atoms with Gasteiger partial charge in [0.15, 0.2) is 0 Å². The molecule has 0 bridgehead atoms. The van der Waals surface area contributed by atoms with Crippen LogP contribution in [0, 0.1) is 5.92 Å². The van der Waals surface area contributed by atoms with Gasteiger partial charge in [0.05, 0.1) is 0 Å². The van der Waals surface area contributed by atoms with E-state index in [2.05, 4.69) is 30.6 Å². The van der Waals surface area contributed by atoms with Crippen molar-refractivity contribution in [3.63, 3.8) is 0 Å². The fourth-order valence-electron chi connectivity index (χ4n) is 2.58. The number of thioether (sulfide) groups is 1. The second kappa shape index (κ2) is 4.64. The zero-order valence-electron chi connectivity index (χ0n) is 10.0. The summed E-state index contributed by atoms with van der Waals surface area (Å²) < 4.78 is 0. The number of hydrogen-bond donors (Lipinski definition) is 1. The SMILES string of the molecule is CN(C1CCSC1)C(C)(CN)CC1CC1. The molecular formula is C12H24N2S. The van der Waals surface area contributed by atoms with E-state index in [9.17, 15) is 0 Å². The molecule has 1 saturated carbocycles. The average molecular weight is 228 g/mol. The minimum Gasteiger partial charge on any atom is -0.329 e. The Kier molecular flexibility index (Phi) is 3.63. The third kappa shape index (κ3) is 2.69. The zero-order chi connectivity index (χ0) is 10.9. The number of hydrogen-bond acceptors (Lipinski definition) is 3. The van der Waals surface area contributed by atoms with Gasteiger partial charge in [0.25, 0.3) is 0 Å². The quantitative estimate of drug-likeness (QED) is 0.780. The minimum absolute atomic E-state index is 0.247. The van der Waals surface area contributed by atoms with E-state index in [4.69, 9.17) is 5.73 Å². The van der Waals surface area contributed by atoms with Crippen LogP contribution in [0.1, 0.15) is 32.6 Å². The van der Waals surface area contributed by atoms with Gasteiger partial charge in [-0.25, -0.2) is 0 Å². The third-order valence-corrected chi connectivity index (χ3v) is 5.31. The normalized spacial score (nSPS) is 30.8. The number of nitrogens with two attached hydrogens (primary N) is 1. The van der Waals surface area contributed by atoms with Crippen molar-refractivity contribution in [2.75, 3.05) is 25.1 Å². The lowest BCUT2D eigenvalue weighted by molar-refractivity contribution is 0.0897. The van der Waals surface area contributed by atoms with Crippen molar-refractivity contribution in [2.45, 2.75) is 44.2 Å². The highest BCUT2D eigenvalue weighted by atomic mass is 32.2. The lowest BCUT2D eigenvalue weighted by Crippen LogP contribution is -2.54. The van der Waals surface area contributed by atoms with E-state index in [1.54, 1.807) is 0 Å². The van der Waals surface area contributed by atoms with Gasteiger partial charge in [0, 0.05) is 23.9 Å². The lowest BCUT2D eigenvalue weighted by atomic mass is 9.91. The molecule has 3 heteroatoms. The third-order valence-electron chi connectivity index (χ3n) is 4.17. The molecule has 1 aliphatic heterocycles. The first-order valence-corrected chi connectivity index (χ1v) is 7.32. The molecule has 2 N–H and O–H groups in total. The van der Waals surface area contributed by atoms with Crippen LogP contribution in [0.3, 0.4) is 0 Å². The molecule has 0 radical (unpaired) electrons. The maximum atomic E-state index is 6.00. The highest BCUT2D eigenvalue weighted by Crippen LogP contribution is 2.39. The van der Waals surface area contributed by atoms with E-state index in [0.29, 0.717) is 0 Å². The number of likely N-dealkylation sites (N-methyl/N-ethyl adjacent to an activating group) is 1. The van der Waals surface area contributed by atoms with Gasteiger partial charge in [0.1, 0.15) is 0 Å². The molecule has 0 aromatic heterocycles. The Balaban J connectivity index is 1.95. The standard InChI is InChI=1S/C12H24N2S/c1-12(9-13,7-10-3-4-10)14(2)11-5-6-15-8-11/h10-11H,3-9,13H2,1-2H3. The first kappa shape index (κ1) is 11.7. The Bertz CT molecular complexity index is 212. The summed E-state index contributed by atoms with van der Waals surface area (Å²) in [5.74, 6) is 3.60. The molecule has 0 spiro atoms. The molecule has 0 aromatic carbocycles. The molecule has 15 heavy (non-hydrogen) atoms. The van der Waals surface area contributed by atoms with Crippen molar-refractivity contribution in [2.24, 2.45) is 11.7 Å². The van der Waals surface area contributed by atoms with E-state index < -0.39 is 0 Å². The maximum absolute atomic E-state index is 6.00. The van der Waals surface area contributed by atoms with Crippen molar-refractivity contribution in [3.8, 4) is 0 Å². The van der Waals surface area contributed by atoms with Crippen LogP contribution < -0.4 is 5.73 Å². The van der Waals surface area contributed by atoms with E-state index in [1.807, 2.05) is 0 Å². The zero-order valence-corrected chi connectivity index (χ0v) is 10.9. The summed E-state index contributed by atoms with van der Waals surface area (Å²) in [5.41, 5.74) is 6.25. The molecule has 2 nitrogen and oxygen atoms in total. The average Bonchev–Trinajstić information content (AvgIpc) is 2.87. The molecule has 1 heterocycles. The maximum Gasteiger partial charge on any atom is 0.0306 e. The molecule has 2 atom stereocenters. The second-order valence-corrected chi connectivity index (χ2v) is 6.63. The van der Waals surface area contributed by atoms with Gasteiger partial charge in [-0.15, -0.1) is 0 Å². The Labute approximate surface area is 98.0 Å². The van der Waals surface area contributed by atoms with Crippen LogP contribution in [0.25, 0.3) is 0 Å². The number of nitrogens with zero attached hydrogens (tertiary/aromatic N) is 1. The molecule has 2 fully saturated rings. The van der Waals surface area contributed by atoms with E-state index in [-0.39, 0.29) is 5.54 Å². The van der Waals surface area contributed by atoms with Gasteiger partial charge in [0.2, 0.25) is 0 Å². The molecule has 2 aliphatic rings. The topological polar surface area (TPSA) is 29.3 Å². The molecule has 0 aromatic rings. The Morgan fingerprint density at radius 1 is 1.40 bits per heavy atom. The second-order valence-electron chi connectivity index (χ2n) is 5.48. The monoisotopic (exact) mass is 228 g/mol. The molecule has 2 unspecified atom stereocenters. The van der Waals surface area contributed by atoms with Crippen molar-refractivity contribution in [1.29, 1.82) is 0 Å². The predicted octanol–water partition coefficient (Wildman–Crippen LogP) is 1.94. The van der Waals surface area contributed by atoms with Crippen LogP contribution in [0.4, 0.5) is 0 Å². The first-order chi connectivity index (χ1) is 7.15. The molecule has 1 aliphatic carbocycles. The van der Waals surface area contributed by atoms with Crippen molar-refractivity contribution in [1.82, 2.24) is 4.90 Å². The van der Waals surface area contributed by atoms with Gasteiger partial charge in [-0.3, -0.25) is 4.90 Å². The Morgan fingerprint density at radius 2 is 2.13 bits per heavy atom. The van der Waals surface area contributed by atoms with Gasteiger partial charge >= 0.3 is 0 Å². The largest absolute Gasteiger partial charge is 0.329 e. The summed E-state index contributed by atoms with van der Waals surface area (Å²) in [4.78, 5) is 2.57. The van der Waals surface area contributed by atoms with Crippen LogP contribution in [-0.2, 0) is 0 Å². The molecular weight excluding hydrogens is 204 g/mol. The van der Waals surface area contributed by atoms with Crippen LogP contribution in [0.15, 0.2) is 0 Å². The van der Waals surface area contributed by atoms with Crippen molar-refractivity contribution in [3.05, 3.63) is 0 Å². The van der Waals surface area contributed by atoms with Gasteiger partial charge in [-0.2, -0.15) is 11.8 Å². The van der Waals surface area contributed by atoms with E-state index in [1.165, 1.54) is 37.2 Å². The van der Waals surface area contributed by atoms with Gasteiger partial charge < -0.3 is 5.73 Å². The summed E-state index contributed by atoms with van der Waals surface area (Å²) >= 11 is 2.09. The van der Waals surface area contributed by atoms with Crippen LogP contribution in [0.2, 0.25) is 0 Å². The highest BCUT2D eigenvalue weighted by molar-refractivity contribution is 7.99. The van der Waals surface area contributed by atoms with E-state index >= 15 is 0 Å². The van der Waals surface area contributed by atoms with Crippen LogP contribution in [0.5, 0.6) is 0 Å². The van der Waals surface area contributed by atoms with Crippen molar-refractivity contribution >= 4 is 11.8 Å². The Morgan fingerprint density at radius 3 is 2.60 bits per heavy atom. The summed E-state index contributed by atoms with van der Waals surface area (Å²) in [6.07, 6.45) is 5.52. The number of rotatable bonds is 5. The van der Waals surface area contributed by atoms with Crippen LogP contribution in [-0.4, -0.2) is 41.6 Å². The molecule has 0 amide bonds. The summed E-state index contributed by atoms with van der Waals surface area (Å²) in [7, 11) is 2.28. The van der Waals surface area contributed by atoms with E-state index in [0.717, 1.165) is 18.5 Å². The highest BCUT2D eigenvalue weighted by Gasteiger charge is 2.38. The minimum atomic E-state index is 0.247. The summed E-state index contributed by atoms with van der Waals surface area (Å²) in [6.45, 7) is 3.16. The molecule has 1 saturated heterocycles. The first-order valence-electron chi connectivity index (χ1n) is 6.16. The molecule has 88 valence electrons. The molecule has 2 rings (SSSR count). The summed E-state index contributed by atoms with van der Waals surface area (Å²) in [6, 6.07) is 0.766.